The molecule has 0 saturated heterocycles. The van der Waals surface area contributed by atoms with Gasteiger partial charge in [0.15, 0.2) is 9.84 Å². The second-order valence-corrected chi connectivity index (χ2v) is 9.24. The highest BCUT2D eigenvalue weighted by Crippen LogP contribution is 2.29. The van der Waals surface area contributed by atoms with Gasteiger partial charge in [-0.2, -0.15) is 13.2 Å². The van der Waals surface area contributed by atoms with Gasteiger partial charge in [-0.3, -0.25) is 9.59 Å². The first-order chi connectivity index (χ1) is 14.5. The Kier molecular flexibility index (Phi) is 6.13. The maximum absolute atomic E-state index is 12.6. The summed E-state index contributed by atoms with van der Waals surface area (Å²) in [6.45, 7) is 0. The molecule has 0 radical (unpaired) electrons. The summed E-state index contributed by atoms with van der Waals surface area (Å²) in [6, 6.07) is 8.95. The molecule has 7 nitrogen and oxygen atoms in total. The van der Waals surface area contributed by atoms with Crippen molar-refractivity contribution in [1.29, 1.82) is 0 Å². The van der Waals surface area contributed by atoms with Crippen molar-refractivity contribution < 1.29 is 31.2 Å². The third kappa shape index (κ3) is 5.47. The van der Waals surface area contributed by atoms with Crippen LogP contribution in [0.25, 0.3) is 0 Å². The number of halogens is 3. The van der Waals surface area contributed by atoms with Gasteiger partial charge in [0.2, 0.25) is 0 Å². The Bertz CT molecular complexity index is 1220. The van der Waals surface area contributed by atoms with Gasteiger partial charge in [0.05, 0.1) is 10.5 Å². The van der Waals surface area contributed by atoms with Crippen LogP contribution in [0.1, 0.15) is 31.4 Å². The van der Waals surface area contributed by atoms with Crippen molar-refractivity contribution >= 4 is 38.7 Å². The molecule has 31 heavy (non-hydrogen) atoms. The lowest BCUT2D eigenvalue weighted by molar-refractivity contribution is -0.137. The number of nitrogens with two attached hydrogens (primary N) is 1. The predicted molar refractivity (Wildman–Crippen MR) is 107 cm³/mol. The van der Waals surface area contributed by atoms with Crippen molar-refractivity contribution in [3.8, 4) is 0 Å². The quantitative estimate of drug-likeness (QED) is 0.573. The molecule has 3 aromatic rings. The number of carbonyl (C=O) groups is 2. The Morgan fingerprint density at radius 1 is 1.03 bits per heavy atom. The summed E-state index contributed by atoms with van der Waals surface area (Å²) in [5, 5.41) is 4.05. The van der Waals surface area contributed by atoms with Crippen LogP contribution >= 0.6 is 11.3 Å². The Hall–Kier alpha value is -3.25. The van der Waals surface area contributed by atoms with E-state index in [2.05, 4.69) is 10.3 Å². The number of amides is 2. The first-order valence-corrected chi connectivity index (χ1v) is 11.0. The van der Waals surface area contributed by atoms with Gasteiger partial charge < -0.3 is 11.1 Å². The van der Waals surface area contributed by atoms with Gasteiger partial charge in [-0.15, -0.1) is 11.3 Å². The number of rotatable bonds is 6. The van der Waals surface area contributed by atoms with Gasteiger partial charge in [0.1, 0.15) is 16.5 Å². The Balaban J connectivity index is 1.69. The summed E-state index contributed by atoms with van der Waals surface area (Å²) in [6.07, 6.45) is -4.50. The van der Waals surface area contributed by atoms with Crippen LogP contribution in [0, 0.1) is 0 Å². The van der Waals surface area contributed by atoms with Gasteiger partial charge >= 0.3 is 6.18 Å². The average molecular weight is 469 g/mol. The molecule has 162 valence electrons. The number of carbonyl (C=O) groups excluding carboxylic acids is 2. The van der Waals surface area contributed by atoms with E-state index in [0.717, 1.165) is 35.6 Å². The third-order valence-electron chi connectivity index (χ3n) is 4.06. The van der Waals surface area contributed by atoms with Crippen LogP contribution in [0.15, 0.2) is 58.8 Å². The smallest absolute Gasteiger partial charge is 0.364 e. The number of nitrogens with one attached hydrogen (secondary N) is 1. The molecule has 0 unspecified atom stereocenters. The largest absolute Gasteiger partial charge is 0.416 e. The summed E-state index contributed by atoms with van der Waals surface area (Å²) in [5.41, 5.74) is 4.48. The molecule has 0 aliphatic heterocycles. The molecular formula is C19H14F3N3O4S2. The SMILES string of the molecule is NC(=O)c1csc(CS(=O)(=O)c2ccc(NC(=O)c3ccc(C(F)(F)F)cc3)cc2)n1. The summed E-state index contributed by atoms with van der Waals surface area (Å²) < 4.78 is 62.8. The van der Waals surface area contributed by atoms with Crippen LogP contribution in [0.5, 0.6) is 0 Å². The molecule has 0 bridgehead atoms. The van der Waals surface area contributed by atoms with Crippen LogP contribution in [-0.4, -0.2) is 25.2 Å². The highest BCUT2D eigenvalue weighted by atomic mass is 32.2. The van der Waals surface area contributed by atoms with Crippen molar-refractivity contribution in [2.24, 2.45) is 5.73 Å². The van der Waals surface area contributed by atoms with E-state index in [1.807, 2.05) is 0 Å². The van der Waals surface area contributed by atoms with Crippen LogP contribution in [0.2, 0.25) is 0 Å². The average Bonchev–Trinajstić information content (AvgIpc) is 3.16. The molecule has 0 aliphatic rings. The number of benzene rings is 2. The first-order valence-electron chi connectivity index (χ1n) is 8.51. The van der Waals surface area contributed by atoms with E-state index >= 15 is 0 Å². The molecule has 0 atom stereocenters. The summed E-state index contributed by atoms with van der Waals surface area (Å²) in [7, 11) is -3.77. The van der Waals surface area contributed by atoms with Crippen molar-refractivity contribution in [3.63, 3.8) is 0 Å². The number of aromatic nitrogens is 1. The zero-order valence-electron chi connectivity index (χ0n) is 15.5. The first kappa shape index (κ1) is 22.4. The van der Waals surface area contributed by atoms with E-state index < -0.39 is 39.1 Å². The van der Waals surface area contributed by atoms with Crippen LogP contribution in [0.3, 0.4) is 0 Å². The molecule has 0 fully saturated rings. The summed E-state index contributed by atoms with van der Waals surface area (Å²) in [4.78, 5) is 27.1. The number of anilines is 1. The molecule has 3 N–H and O–H groups in total. The highest BCUT2D eigenvalue weighted by molar-refractivity contribution is 7.90. The minimum absolute atomic E-state index is 0.0127. The van der Waals surface area contributed by atoms with E-state index in [4.69, 9.17) is 5.73 Å². The van der Waals surface area contributed by atoms with E-state index in [-0.39, 0.29) is 26.8 Å². The van der Waals surface area contributed by atoms with Crippen molar-refractivity contribution in [3.05, 3.63) is 75.7 Å². The van der Waals surface area contributed by atoms with E-state index in [9.17, 15) is 31.2 Å². The van der Waals surface area contributed by atoms with E-state index in [0.29, 0.717) is 0 Å². The summed E-state index contributed by atoms with van der Waals surface area (Å²) >= 11 is 0.993. The molecule has 3 rings (SSSR count). The molecule has 0 spiro atoms. The summed E-state index contributed by atoms with van der Waals surface area (Å²) in [5.74, 6) is -1.83. The van der Waals surface area contributed by atoms with E-state index in [1.165, 1.54) is 29.6 Å². The lowest BCUT2D eigenvalue weighted by Crippen LogP contribution is -2.13. The van der Waals surface area contributed by atoms with Crippen molar-refractivity contribution in [2.75, 3.05) is 5.32 Å². The predicted octanol–water partition coefficient (Wildman–Crippen LogP) is 3.49. The zero-order valence-corrected chi connectivity index (χ0v) is 17.1. The van der Waals surface area contributed by atoms with Gasteiger partial charge in [0, 0.05) is 16.6 Å². The van der Waals surface area contributed by atoms with Gasteiger partial charge in [-0.1, -0.05) is 0 Å². The maximum atomic E-state index is 12.6. The molecule has 12 heteroatoms. The second-order valence-electron chi connectivity index (χ2n) is 6.30. The number of nitrogens with zero attached hydrogens (tertiary/aromatic N) is 1. The highest BCUT2D eigenvalue weighted by Gasteiger charge is 2.30. The topological polar surface area (TPSA) is 119 Å². The lowest BCUT2D eigenvalue weighted by Gasteiger charge is -2.09. The number of hydrogen-bond acceptors (Lipinski definition) is 6. The Morgan fingerprint density at radius 3 is 2.16 bits per heavy atom. The number of sulfone groups is 1. The van der Waals surface area contributed by atoms with E-state index in [1.54, 1.807) is 0 Å². The van der Waals surface area contributed by atoms with Crippen molar-refractivity contribution in [2.45, 2.75) is 16.8 Å². The fraction of sp³-hybridized carbons (Fsp3) is 0.105. The molecular weight excluding hydrogens is 455 g/mol. The second kappa shape index (κ2) is 8.47. The van der Waals surface area contributed by atoms with Gasteiger partial charge in [-0.25, -0.2) is 13.4 Å². The van der Waals surface area contributed by atoms with Crippen LogP contribution in [-0.2, 0) is 21.8 Å². The number of primary amides is 1. The van der Waals surface area contributed by atoms with Crippen LogP contribution < -0.4 is 11.1 Å². The molecule has 2 aromatic carbocycles. The minimum Gasteiger partial charge on any atom is -0.364 e. The Morgan fingerprint density at radius 2 is 1.65 bits per heavy atom. The molecule has 0 saturated carbocycles. The van der Waals surface area contributed by atoms with Gasteiger partial charge in [0.25, 0.3) is 11.8 Å². The third-order valence-corrected chi connectivity index (χ3v) is 6.74. The fourth-order valence-corrected chi connectivity index (χ4v) is 4.91. The van der Waals surface area contributed by atoms with Gasteiger partial charge in [-0.05, 0) is 48.5 Å². The number of thiazole rings is 1. The maximum Gasteiger partial charge on any atom is 0.416 e. The van der Waals surface area contributed by atoms with Crippen molar-refractivity contribution in [1.82, 2.24) is 4.98 Å². The standard InChI is InChI=1S/C19H14F3N3O4S2/c20-19(21,22)12-3-1-11(2-4-12)18(27)24-13-5-7-14(8-6-13)31(28,29)10-16-25-15(9-30-16)17(23)26/h1-9H,10H2,(H2,23,26)(H,24,27). The molecule has 2 amide bonds. The molecule has 1 aromatic heterocycles. The number of hydrogen-bond donors (Lipinski definition) is 2. The lowest BCUT2D eigenvalue weighted by atomic mass is 10.1. The van der Waals surface area contributed by atoms with Crippen LogP contribution in [0.4, 0.5) is 18.9 Å². The monoisotopic (exact) mass is 469 g/mol. The molecule has 0 aliphatic carbocycles. The Labute approximate surface area is 178 Å². The fourth-order valence-electron chi connectivity index (χ4n) is 2.50. The number of alkyl halides is 3. The zero-order chi connectivity index (χ0) is 22.8. The molecule has 1 heterocycles. The minimum atomic E-state index is -4.50. The normalized spacial score (nSPS) is 11.8.